The fraction of sp³-hybridized carbons (Fsp3) is 0.556. The maximum atomic E-state index is 12.6. The van der Waals surface area contributed by atoms with Crippen molar-refractivity contribution < 1.29 is 9.59 Å². The number of nitrogens with zero attached hydrogens (tertiary/aromatic N) is 2. The Kier molecular flexibility index (Phi) is 5.28. The van der Waals surface area contributed by atoms with Gasteiger partial charge in [-0.25, -0.2) is 0 Å². The Bertz CT molecular complexity index is 530. The Morgan fingerprint density at radius 3 is 2.26 bits per heavy atom. The molecule has 0 spiro atoms. The number of hydrogen-bond donors (Lipinski definition) is 1. The van der Waals surface area contributed by atoms with Crippen molar-refractivity contribution in [2.75, 3.05) is 31.5 Å². The van der Waals surface area contributed by atoms with E-state index >= 15 is 0 Å². The molecule has 1 saturated heterocycles. The molecule has 124 valence electrons. The molecule has 3 rings (SSSR count). The van der Waals surface area contributed by atoms with Crippen LogP contribution in [0.2, 0.25) is 0 Å². The summed E-state index contributed by atoms with van der Waals surface area (Å²) >= 11 is 0. The average molecular weight is 315 g/mol. The lowest BCUT2D eigenvalue weighted by molar-refractivity contribution is -0.105. The number of rotatable bonds is 4. The second kappa shape index (κ2) is 7.59. The number of carbonyl (C=O) groups is 2. The Morgan fingerprint density at radius 1 is 1.00 bits per heavy atom. The van der Waals surface area contributed by atoms with Gasteiger partial charge in [-0.2, -0.15) is 0 Å². The van der Waals surface area contributed by atoms with E-state index in [0.717, 1.165) is 32.2 Å². The van der Waals surface area contributed by atoms with E-state index in [1.165, 1.54) is 32.1 Å². The van der Waals surface area contributed by atoms with Gasteiger partial charge in [-0.15, -0.1) is 0 Å². The monoisotopic (exact) mass is 315 g/mol. The molecular formula is C18H25N3O2. The molecule has 0 atom stereocenters. The van der Waals surface area contributed by atoms with Gasteiger partial charge in [0.2, 0.25) is 6.41 Å². The lowest BCUT2D eigenvalue weighted by Crippen LogP contribution is -2.52. The van der Waals surface area contributed by atoms with Crippen LogP contribution in [0.25, 0.3) is 0 Å². The Morgan fingerprint density at radius 2 is 1.65 bits per heavy atom. The predicted molar refractivity (Wildman–Crippen MR) is 90.5 cm³/mol. The third-order valence-electron chi connectivity index (χ3n) is 5.05. The summed E-state index contributed by atoms with van der Waals surface area (Å²) in [5.74, 6) is 0.0888. The largest absolute Gasteiger partial charge is 0.336 e. The Balaban J connectivity index is 1.54. The summed E-state index contributed by atoms with van der Waals surface area (Å²) in [6.45, 7) is 3.59. The van der Waals surface area contributed by atoms with Gasteiger partial charge in [0.25, 0.3) is 5.91 Å². The standard InChI is InChI=1S/C18H25N3O2/c22-14-19-16-8-6-15(7-9-16)18(23)21-12-10-20(11-13-21)17-4-2-1-3-5-17/h6-9,14,17H,1-5,10-13H2,(H,19,22). The topological polar surface area (TPSA) is 52.7 Å². The molecule has 1 aliphatic heterocycles. The highest BCUT2D eigenvalue weighted by atomic mass is 16.2. The van der Waals surface area contributed by atoms with Crippen LogP contribution in [-0.2, 0) is 4.79 Å². The van der Waals surface area contributed by atoms with Crippen molar-refractivity contribution in [3.05, 3.63) is 29.8 Å². The normalized spacial score (nSPS) is 20.3. The van der Waals surface area contributed by atoms with Crippen molar-refractivity contribution in [3.8, 4) is 0 Å². The first-order valence-corrected chi connectivity index (χ1v) is 8.61. The van der Waals surface area contributed by atoms with Crippen LogP contribution in [0.1, 0.15) is 42.5 Å². The highest BCUT2D eigenvalue weighted by molar-refractivity contribution is 5.94. The summed E-state index contributed by atoms with van der Waals surface area (Å²) in [6.07, 6.45) is 7.36. The molecule has 5 nitrogen and oxygen atoms in total. The number of amides is 2. The molecule has 1 saturated carbocycles. The van der Waals surface area contributed by atoms with Gasteiger partial charge in [-0.1, -0.05) is 19.3 Å². The number of piperazine rings is 1. The Labute approximate surface area is 137 Å². The SMILES string of the molecule is O=CNc1ccc(C(=O)N2CCN(C3CCCCC3)CC2)cc1. The van der Waals surface area contributed by atoms with Crippen LogP contribution in [0, 0.1) is 0 Å². The highest BCUT2D eigenvalue weighted by Gasteiger charge is 2.27. The number of hydrogen-bond acceptors (Lipinski definition) is 3. The first-order valence-electron chi connectivity index (χ1n) is 8.61. The van der Waals surface area contributed by atoms with E-state index in [9.17, 15) is 9.59 Å². The zero-order valence-electron chi connectivity index (χ0n) is 13.5. The van der Waals surface area contributed by atoms with Gasteiger partial charge in [0, 0.05) is 43.5 Å². The molecule has 1 aromatic carbocycles. The number of anilines is 1. The third kappa shape index (κ3) is 3.91. The van der Waals surface area contributed by atoms with Crippen molar-refractivity contribution >= 4 is 18.0 Å². The molecule has 1 aromatic rings. The molecule has 1 N–H and O–H groups in total. The predicted octanol–water partition coefficient (Wildman–Crippen LogP) is 2.35. The summed E-state index contributed by atoms with van der Waals surface area (Å²) in [5, 5.41) is 2.58. The third-order valence-corrected chi connectivity index (χ3v) is 5.05. The van der Waals surface area contributed by atoms with E-state index in [-0.39, 0.29) is 5.91 Å². The van der Waals surface area contributed by atoms with E-state index in [0.29, 0.717) is 17.7 Å². The smallest absolute Gasteiger partial charge is 0.253 e. The van der Waals surface area contributed by atoms with Gasteiger partial charge >= 0.3 is 0 Å². The van der Waals surface area contributed by atoms with Crippen LogP contribution < -0.4 is 5.32 Å². The molecule has 23 heavy (non-hydrogen) atoms. The van der Waals surface area contributed by atoms with Crippen LogP contribution in [0.3, 0.4) is 0 Å². The van der Waals surface area contributed by atoms with Gasteiger partial charge < -0.3 is 10.2 Å². The summed E-state index contributed by atoms with van der Waals surface area (Å²) in [7, 11) is 0. The fourth-order valence-electron chi connectivity index (χ4n) is 3.70. The maximum absolute atomic E-state index is 12.6. The van der Waals surface area contributed by atoms with E-state index in [1.54, 1.807) is 24.3 Å². The van der Waals surface area contributed by atoms with Crippen molar-refractivity contribution in [2.45, 2.75) is 38.1 Å². The summed E-state index contributed by atoms with van der Waals surface area (Å²) in [5.41, 5.74) is 1.39. The highest BCUT2D eigenvalue weighted by Crippen LogP contribution is 2.23. The molecule has 0 aromatic heterocycles. The van der Waals surface area contributed by atoms with Gasteiger partial charge in [0.1, 0.15) is 0 Å². The molecule has 2 aliphatic rings. The first-order chi connectivity index (χ1) is 11.3. The van der Waals surface area contributed by atoms with Gasteiger partial charge in [-0.05, 0) is 37.1 Å². The van der Waals surface area contributed by atoms with Crippen molar-refractivity contribution in [1.29, 1.82) is 0 Å². The molecule has 2 amide bonds. The van der Waals surface area contributed by atoms with Crippen molar-refractivity contribution in [3.63, 3.8) is 0 Å². The molecular weight excluding hydrogens is 290 g/mol. The Hall–Kier alpha value is -1.88. The number of benzene rings is 1. The van der Waals surface area contributed by atoms with E-state index in [1.807, 2.05) is 4.90 Å². The molecule has 1 heterocycles. The molecule has 1 aliphatic carbocycles. The lowest BCUT2D eigenvalue weighted by Gasteiger charge is -2.40. The molecule has 5 heteroatoms. The van der Waals surface area contributed by atoms with Crippen molar-refractivity contribution in [2.24, 2.45) is 0 Å². The number of carbonyl (C=O) groups excluding carboxylic acids is 2. The van der Waals surface area contributed by atoms with Crippen LogP contribution >= 0.6 is 0 Å². The summed E-state index contributed by atoms with van der Waals surface area (Å²) < 4.78 is 0. The lowest BCUT2D eigenvalue weighted by atomic mass is 9.94. The molecule has 2 fully saturated rings. The average Bonchev–Trinajstić information content (AvgIpc) is 2.63. The van der Waals surface area contributed by atoms with Crippen LogP contribution in [0.5, 0.6) is 0 Å². The van der Waals surface area contributed by atoms with E-state index in [4.69, 9.17) is 0 Å². The molecule has 0 unspecified atom stereocenters. The summed E-state index contributed by atoms with van der Waals surface area (Å²) in [6, 6.07) is 7.82. The number of nitrogens with one attached hydrogen (secondary N) is 1. The second-order valence-corrected chi connectivity index (χ2v) is 6.46. The van der Waals surface area contributed by atoms with Gasteiger partial charge in [-0.3, -0.25) is 14.5 Å². The summed E-state index contributed by atoms with van der Waals surface area (Å²) in [4.78, 5) is 27.5. The zero-order chi connectivity index (χ0) is 16.1. The maximum Gasteiger partial charge on any atom is 0.253 e. The van der Waals surface area contributed by atoms with Crippen LogP contribution in [0.4, 0.5) is 5.69 Å². The van der Waals surface area contributed by atoms with E-state index in [2.05, 4.69) is 10.2 Å². The zero-order valence-corrected chi connectivity index (χ0v) is 13.5. The van der Waals surface area contributed by atoms with Gasteiger partial charge in [0.15, 0.2) is 0 Å². The molecule has 0 bridgehead atoms. The fourth-order valence-corrected chi connectivity index (χ4v) is 3.70. The van der Waals surface area contributed by atoms with Gasteiger partial charge in [0.05, 0.1) is 0 Å². The van der Waals surface area contributed by atoms with E-state index < -0.39 is 0 Å². The van der Waals surface area contributed by atoms with Crippen LogP contribution in [0.15, 0.2) is 24.3 Å². The first kappa shape index (κ1) is 16.0. The second-order valence-electron chi connectivity index (χ2n) is 6.46. The van der Waals surface area contributed by atoms with Crippen molar-refractivity contribution in [1.82, 2.24) is 9.80 Å². The molecule has 0 radical (unpaired) electrons. The minimum atomic E-state index is 0.0888. The minimum absolute atomic E-state index is 0.0888. The quantitative estimate of drug-likeness (QED) is 0.868. The minimum Gasteiger partial charge on any atom is -0.336 e. The van der Waals surface area contributed by atoms with Crippen LogP contribution in [-0.4, -0.2) is 54.3 Å².